The monoisotopic (exact) mass is 406 g/mol. The van der Waals surface area contributed by atoms with Crippen LogP contribution in [0.2, 0.25) is 5.02 Å². The van der Waals surface area contributed by atoms with Crippen LogP contribution >= 0.6 is 11.6 Å². The second kappa shape index (κ2) is 8.58. The van der Waals surface area contributed by atoms with Crippen LogP contribution in [0.4, 0.5) is 0 Å². The third-order valence-electron chi connectivity index (χ3n) is 4.83. The van der Waals surface area contributed by atoms with Gasteiger partial charge in [-0.2, -0.15) is 0 Å². The van der Waals surface area contributed by atoms with Crippen LogP contribution in [0, 0.1) is 13.8 Å². The van der Waals surface area contributed by atoms with Crippen LogP contribution in [-0.4, -0.2) is 16.2 Å². The molecule has 0 aliphatic rings. The lowest BCUT2D eigenvalue weighted by Gasteiger charge is -2.13. The summed E-state index contributed by atoms with van der Waals surface area (Å²) in [7, 11) is 0. The number of hydrogen-bond donors (Lipinski definition) is 0. The Bertz CT molecular complexity index is 1140. The summed E-state index contributed by atoms with van der Waals surface area (Å²) in [6.45, 7) is 5.71. The van der Waals surface area contributed by atoms with Crippen molar-refractivity contribution >= 4 is 22.6 Å². The number of imidazole rings is 1. The summed E-state index contributed by atoms with van der Waals surface area (Å²) in [5.74, 6) is 2.41. The maximum atomic E-state index is 6.21. The lowest BCUT2D eigenvalue weighted by molar-refractivity contribution is 0.272. The Kier molecular flexibility index (Phi) is 5.72. The lowest BCUT2D eigenvalue weighted by Crippen LogP contribution is -2.13. The number of aromatic nitrogens is 2. The molecule has 1 aromatic heterocycles. The molecule has 29 heavy (non-hydrogen) atoms. The minimum Gasteiger partial charge on any atom is -0.491 e. The highest BCUT2D eigenvalue weighted by atomic mass is 35.5. The van der Waals surface area contributed by atoms with Gasteiger partial charge in [0, 0.05) is 0 Å². The van der Waals surface area contributed by atoms with E-state index in [0.29, 0.717) is 30.5 Å². The van der Waals surface area contributed by atoms with Crippen molar-refractivity contribution in [2.45, 2.75) is 27.0 Å². The molecule has 0 atom stereocenters. The van der Waals surface area contributed by atoms with Gasteiger partial charge in [0.2, 0.25) is 0 Å². The van der Waals surface area contributed by atoms with Gasteiger partial charge in [-0.1, -0.05) is 53.6 Å². The van der Waals surface area contributed by atoms with Gasteiger partial charge in [0.1, 0.15) is 30.5 Å². The van der Waals surface area contributed by atoms with Gasteiger partial charge >= 0.3 is 0 Å². The number of nitrogens with zero attached hydrogens (tertiary/aromatic N) is 2. The van der Waals surface area contributed by atoms with E-state index in [1.54, 1.807) is 0 Å². The van der Waals surface area contributed by atoms with Gasteiger partial charge < -0.3 is 14.0 Å². The van der Waals surface area contributed by atoms with Gasteiger partial charge in [0.05, 0.1) is 22.6 Å². The van der Waals surface area contributed by atoms with Gasteiger partial charge in [-0.3, -0.25) is 0 Å². The van der Waals surface area contributed by atoms with Crippen molar-refractivity contribution in [3.63, 3.8) is 0 Å². The highest BCUT2D eigenvalue weighted by Crippen LogP contribution is 2.25. The van der Waals surface area contributed by atoms with Crippen LogP contribution in [-0.2, 0) is 13.2 Å². The predicted octanol–water partition coefficient (Wildman–Crippen LogP) is 5.96. The summed E-state index contributed by atoms with van der Waals surface area (Å²) in [5.41, 5.74) is 4.38. The fourth-order valence-electron chi connectivity index (χ4n) is 3.40. The average molecular weight is 407 g/mol. The van der Waals surface area contributed by atoms with Gasteiger partial charge in [0.25, 0.3) is 0 Å². The fourth-order valence-corrected chi connectivity index (χ4v) is 3.59. The molecular formula is C24H23ClN2O2. The first-order chi connectivity index (χ1) is 14.1. The van der Waals surface area contributed by atoms with Crippen LogP contribution in [0.5, 0.6) is 11.5 Å². The quantitative estimate of drug-likeness (QED) is 0.379. The van der Waals surface area contributed by atoms with E-state index in [2.05, 4.69) is 36.6 Å². The Labute approximate surface area is 175 Å². The van der Waals surface area contributed by atoms with Crippen molar-refractivity contribution in [2.75, 3.05) is 6.61 Å². The van der Waals surface area contributed by atoms with Gasteiger partial charge in [-0.25, -0.2) is 4.98 Å². The molecule has 0 N–H and O–H groups in total. The summed E-state index contributed by atoms with van der Waals surface area (Å²) in [5, 5.41) is 0.591. The number of rotatable bonds is 7. The Balaban J connectivity index is 1.52. The van der Waals surface area contributed by atoms with Crippen LogP contribution in [0.3, 0.4) is 0 Å². The van der Waals surface area contributed by atoms with Gasteiger partial charge in [0.15, 0.2) is 0 Å². The highest BCUT2D eigenvalue weighted by Gasteiger charge is 2.12. The molecule has 3 aromatic carbocycles. The van der Waals surface area contributed by atoms with Gasteiger partial charge in [-0.15, -0.1) is 0 Å². The van der Waals surface area contributed by atoms with Crippen molar-refractivity contribution in [1.82, 2.24) is 9.55 Å². The molecule has 0 radical (unpaired) electrons. The number of benzene rings is 3. The van der Waals surface area contributed by atoms with E-state index in [0.717, 1.165) is 28.2 Å². The summed E-state index contributed by atoms with van der Waals surface area (Å²) in [6.07, 6.45) is 0. The van der Waals surface area contributed by atoms with Crippen LogP contribution < -0.4 is 9.47 Å². The molecule has 0 fully saturated rings. The third-order valence-corrected chi connectivity index (χ3v) is 5.14. The Morgan fingerprint density at radius 3 is 2.52 bits per heavy atom. The zero-order valence-electron chi connectivity index (χ0n) is 16.6. The summed E-state index contributed by atoms with van der Waals surface area (Å²) in [4.78, 5) is 4.75. The number of ether oxygens (including phenoxy) is 2. The molecule has 1 heterocycles. The molecule has 0 bridgehead atoms. The average Bonchev–Trinajstić information content (AvgIpc) is 3.07. The maximum Gasteiger partial charge on any atom is 0.148 e. The molecule has 0 saturated carbocycles. The fraction of sp³-hybridized carbons (Fsp3) is 0.208. The SMILES string of the molecule is Cc1ccc(OCCn2c(COc3ccccc3Cl)nc3ccccc32)c(C)c1. The molecule has 0 unspecified atom stereocenters. The molecule has 0 aliphatic heterocycles. The van der Waals surface area contributed by atoms with Gasteiger partial charge in [-0.05, 0) is 49.7 Å². The molecule has 0 spiro atoms. The van der Waals surface area contributed by atoms with E-state index in [9.17, 15) is 0 Å². The number of halogens is 1. The maximum absolute atomic E-state index is 6.21. The summed E-state index contributed by atoms with van der Waals surface area (Å²) < 4.78 is 14.1. The molecule has 0 aliphatic carbocycles. The largest absolute Gasteiger partial charge is 0.491 e. The Morgan fingerprint density at radius 2 is 1.69 bits per heavy atom. The first-order valence-corrected chi connectivity index (χ1v) is 10.0. The zero-order chi connectivity index (χ0) is 20.2. The number of para-hydroxylation sites is 3. The Hall–Kier alpha value is -2.98. The van der Waals surface area contributed by atoms with E-state index in [-0.39, 0.29) is 0 Å². The third kappa shape index (κ3) is 4.38. The van der Waals surface area contributed by atoms with E-state index in [1.165, 1.54) is 5.56 Å². The van der Waals surface area contributed by atoms with Crippen molar-refractivity contribution in [3.8, 4) is 11.5 Å². The summed E-state index contributed by atoms with van der Waals surface area (Å²) in [6, 6.07) is 21.8. The van der Waals surface area contributed by atoms with Crippen molar-refractivity contribution < 1.29 is 9.47 Å². The lowest BCUT2D eigenvalue weighted by atomic mass is 10.1. The van der Waals surface area contributed by atoms with Crippen molar-refractivity contribution in [2.24, 2.45) is 0 Å². The predicted molar refractivity (Wildman–Crippen MR) is 117 cm³/mol. The second-order valence-electron chi connectivity index (χ2n) is 7.00. The number of hydrogen-bond acceptors (Lipinski definition) is 3. The van der Waals surface area contributed by atoms with E-state index >= 15 is 0 Å². The minimum absolute atomic E-state index is 0.335. The van der Waals surface area contributed by atoms with Crippen LogP contribution in [0.1, 0.15) is 17.0 Å². The van der Waals surface area contributed by atoms with E-state index in [1.807, 2.05) is 48.5 Å². The van der Waals surface area contributed by atoms with Crippen LogP contribution in [0.15, 0.2) is 66.7 Å². The first-order valence-electron chi connectivity index (χ1n) is 9.63. The Morgan fingerprint density at radius 1 is 0.897 bits per heavy atom. The topological polar surface area (TPSA) is 36.3 Å². The number of aryl methyl sites for hydroxylation is 2. The molecule has 0 saturated heterocycles. The number of fused-ring (bicyclic) bond motifs is 1. The highest BCUT2D eigenvalue weighted by molar-refractivity contribution is 6.32. The first kappa shape index (κ1) is 19.3. The van der Waals surface area contributed by atoms with E-state index < -0.39 is 0 Å². The molecule has 4 aromatic rings. The van der Waals surface area contributed by atoms with Crippen LogP contribution in [0.25, 0.3) is 11.0 Å². The normalized spacial score (nSPS) is 11.0. The van der Waals surface area contributed by atoms with Crippen molar-refractivity contribution in [1.29, 1.82) is 0 Å². The minimum atomic E-state index is 0.335. The molecule has 0 amide bonds. The molecule has 4 rings (SSSR count). The second-order valence-corrected chi connectivity index (χ2v) is 7.41. The molecule has 148 valence electrons. The molecule has 5 heteroatoms. The van der Waals surface area contributed by atoms with Crippen molar-refractivity contribution in [3.05, 3.63) is 88.7 Å². The standard InChI is InChI=1S/C24H23ClN2O2/c1-17-11-12-22(18(2)15-17)28-14-13-27-21-9-5-4-8-20(21)26-24(27)16-29-23-10-6-3-7-19(23)25/h3-12,15H,13-14,16H2,1-2H3. The van der Waals surface area contributed by atoms with E-state index in [4.69, 9.17) is 26.1 Å². The molecule has 4 nitrogen and oxygen atoms in total. The molecular weight excluding hydrogens is 384 g/mol. The summed E-state index contributed by atoms with van der Waals surface area (Å²) >= 11 is 6.21. The smallest absolute Gasteiger partial charge is 0.148 e. The zero-order valence-corrected chi connectivity index (χ0v) is 17.3.